The van der Waals surface area contributed by atoms with Crippen LogP contribution in [0.2, 0.25) is 0 Å². The van der Waals surface area contributed by atoms with E-state index in [2.05, 4.69) is 252 Å². The van der Waals surface area contributed by atoms with Gasteiger partial charge < -0.3 is 9.80 Å². The summed E-state index contributed by atoms with van der Waals surface area (Å²) in [7, 11) is 0. The van der Waals surface area contributed by atoms with Gasteiger partial charge in [-0.05, 0) is 105 Å². The molecule has 10 aromatic rings. The van der Waals surface area contributed by atoms with Gasteiger partial charge in [-0.15, -0.1) is 0 Å². The Morgan fingerprint density at radius 1 is 0.288 bits per heavy atom. The standard InChI is InChI=1S/C57H40N2/c1-6-22-42(23-7-1)57(43-24-8-2-9-25-43)53-35-19-18-33-49(53)51-34-20-36-54(56(51)57)59(46-30-14-5-15-31-46)47-37-38-50-52(40-47)48-32-17-16-21-41(48)39-55(50)58(44-26-10-3-11-27-44)45-28-12-4-13-29-45/h1-40H. The van der Waals surface area contributed by atoms with Crippen molar-refractivity contribution in [2.45, 2.75) is 5.41 Å². The SMILES string of the molecule is c1ccc(N(c2ccc3c(N(c4ccccc4)c4ccccc4)cc4ccccc4c3c2)c2cccc3c2C(c2ccccc2)(c2ccccc2)c2ccccc2-3)cc1. The van der Waals surface area contributed by atoms with E-state index in [0.29, 0.717) is 0 Å². The van der Waals surface area contributed by atoms with Gasteiger partial charge in [0.05, 0.1) is 16.8 Å². The van der Waals surface area contributed by atoms with Crippen LogP contribution >= 0.6 is 0 Å². The maximum absolute atomic E-state index is 2.48. The van der Waals surface area contributed by atoms with Crippen molar-refractivity contribution in [2.75, 3.05) is 9.80 Å². The highest BCUT2D eigenvalue weighted by molar-refractivity contribution is 6.16. The van der Waals surface area contributed by atoms with Gasteiger partial charge in [0.15, 0.2) is 0 Å². The Morgan fingerprint density at radius 3 is 1.39 bits per heavy atom. The molecule has 11 rings (SSSR count). The van der Waals surface area contributed by atoms with Gasteiger partial charge >= 0.3 is 0 Å². The van der Waals surface area contributed by atoms with E-state index in [1.165, 1.54) is 54.9 Å². The molecule has 0 atom stereocenters. The minimum atomic E-state index is -0.569. The molecular weight excluding hydrogens is 713 g/mol. The molecule has 0 aliphatic heterocycles. The van der Waals surface area contributed by atoms with Crippen LogP contribution in [0.15, 0.2) is 243 Å². The summed E-state index contributed by atoms with van der Waals surface area (Å²) in [5, 5.41) is 4.79. The molecule has 10 aromatic carbocycles. The second-order valence-electron chi connectivity index (χ2n) is 15.3. The van der Waals surface area contributed by atoms with Gasteiger partial charge in [-0.1, -0.05) is 182 Å². The number of fused-ring (bicyclic) bond motifs is 6. The number of para-hydroxylation sites is 3. The molecule has 0 spiro atoms. The Bertz CT molecular complexity index is 3010. The zero-order valence-electron chi connectivity index (χ0n) is 32.5. The van der Waals surface area contributed by atoms with Crippen molar-refractivity contribution in [3.8, 4) is 11.1 Å². The van der Waals surface area contributed by atoms with E-state index in [9.17, 15) is 0 Å². The summed E-state index contributed by atoms with van der Waals surface area (Å²) < 4.78 is 0. The molecule has 59 heavy (non-hydrogen) atoms. The first-order valence-electron chi connectivity index (χ1n) is 20.4. The highest BCUT2D eigenvalue weighted by Gasteiger charge is 2.48. The van der Waals surface area contributed by atoms with Gasteiger partial charge in [0.25, 0.3) is 0 Å². The summed E-state index contributed by atoms with van der Waals surface area (Å²) in [6.07, 6.45) is 0. The van der Waals surface area contributed by atoms with Crippen LogP contribution in [0.3, 0.4) is 0 Å². The Balaban J connectivity index is 1.21. The summed E-state index contributed by atoms with van der Waals surface area (Å²) in [6.45, 7) is 0. The Labute approximate surface area is 345 Å². The molecule has 1 aliphatic carbocycles. The van der Waals surface area contributed by atoms with E-state index in [4.69, 9.17) is 0 Å². The van der Waals surface area contributed by atoms with E-state index in [-0.39, 0.29) is 0 Å². The van der Waals surface area contributed by atoms with Crippen LogP contribution < -0.4 is 9.80 Å². The number of hydrogen-bond acceptors (Lipinski definition) is 2. The average molecular weight is 753 g/mol. The summed E-state index contributed by atoms with van der Waals surface area (Å²) >= 11 is 0. The predicted octanol–water partition coefficient (Wildman–Crippen LogP) is 15.3. The second-order valence-corrected chi connectivity index (χ2v) is 15.3. The number of benzene rings is 10. The predicted molar refractivity (Wildman–Crippen MR) is 248 cm³/mol. The maximum atomic E-state index is 2.48. The quantitative estimate of drug-likeness (QED) is 0.143. The maximum Gasteiger partial charge on any atom is 0.0734 e. The topological polar surface area (TPSA) is 6.48 Å². The van der Waals surface area contributed by atoms with Crippen molar-refractivity contribution < 1.29 is 0 Å². The molecule has 0 heterocycles. The van der Waals surface area contributed by atoms with Gasteiger partial charge in [0.2, 0.25) is 0 Å². The average Bonchev–Trinajstić information content (AvgIpc) is 3.63. The number of nitrogens with zero attached hydrogens (tertiary/aromatic N) is 2. The Morgan fingerprint density at radius 2 is 0.780 bits per heavy atom. The fraction of sp³-hybridized carbons (Fsp3) is 0.0175. The Hall–Kier alpha value is -7.68. The zero-order chi connectivity index (χ0) is 39.2. The van der Waals surface area contributed by atoms with Crippen molar-refractivity contribution in [1.29, 1.82) is 0 Å². The van der Waals surface area contributed by atoms with Gasteiger partial charge in [0, 0.05) is 33.7 Å². The molecule has 0 radical (unpaired) electrons. The van der Waals surface area contributed by atoms with Gasteiger partial charge in [-0.2, -0.15) is 0 Å². The fourth-order valence-corrected chi connectivity index (χ4v) is 9.65. The molecule has 0 aromatic heterocycles. The molecule has 0 saturated heterocycles. The first-order chi connectivity index (χ1) is 29.3. The lowest BCUT2D eigenvalue weighted by Gasteiger charge is -2.38. The van der Waals surface area contributed by atoms with Gasteiger partial charge in [0.1, 0.15) is 0 Å². The molecule has 0 saturated carbocycles. The van der Waals surface area contributed by atoms with Crippen LogP contribution in [0.5, 0.6) is 0 Å². The highest BCUT2D eigenvalue weighted by atomic mass is 15.2. The van der Waals surface area contributed by atoms with Crippen LogP contribution in [-0.2, 0) is 5.41 Å². The summed E-state index contributed by atoms with van der Waals surface area (Å²) in [5.41, 5.74) is 13.7. The van der Waals surface area contributed by atoms with Crippen molar-refractivity contribution >= 4 is 55.7 Å². The number of anilines is 6. The van der Waals surface area contributed by atoms with Crippen molar-refractivity contribution in [3.63, 3.8) is 0 Å². The first kappa shape index (κ1) is 34.6. The third-order valence-corrected chi connectivity index (χ3v) is 12.1. The van der Waals surface area contributed by atoms with E-state index >= 15 is 0 Å². The van der Waals surface area contributed by atoms with E-state index < -0.39 is 5.41 Å². The van der Waals surface area contributed by atoms with Crippen LogP contribution in [-0.4, -0.2) is 0 Å². The molecule has 2 heteroatoms. The molecule has 0 unspecified atom stereocenters. The van der Waals surface area contributed by atoms with Crippen molar-refractivity contribution in [3.05, 3.63) is 265 Å². The second kappa shape index (κ2) is 14.4. The summed E-state index contributed by atoms with van der Waals surface area (Å²) in [5.74, 6) is 0. The lowest BCUT2D eigenvalue weighted by molar-refractivity contribution is 0.768. The molecular formula is C57H40N2. The minimum absolute atomic E-state index is 0.569. The smallest absolute Gasteiger partial charge is 0.0734 e. The highest BCUT2D eigenvalue weighted by Crippen LogP contribution is 2.60. The lowest BCUT2D eigenvalue weighted by atomic mass is 9.67. The molecule has 0 fully saturated rings. The van der Waals surface area contributed by atoms with E-state index in [1.807, 2.05) is 0 Å². The fourth-order valence-electron chi connectivity index (χ4n) is 9.65. The Kier molecular flexibility index (Phi) is 8.41. The van der Waals surface area contributed by atoms with Crippen LogP contribution in [0.1, 0.15) is 22.3 Å². The lowest BCUT2D eigenvalue weighted by Crippen LogP contribution is -2.30. The summed E-state index contributed by atoms with van der Waals surface area (Å²) in [6, 6.07) is 88.5. The first-order valence-corrected chi connectivity index (χ1v) is 20.4. The normalized spacial score (nSPS) is 12.5. The van der Waals surface area contributed by atoms with Gasteiger partial charge in [-0.3, -0.25) is 0 Å². The van der Waals surface area contributed by atoms with Crippen LogP contribution in [0, 0.1) is 0 Å². The zero-order valence-corrected chi connectivity index (χ0v) is 32.5. The van der Waals surface area contributed by atoms with Crippen molar-refractivity contribution in [1.82, 2.24) is 0 Å². The number of hydrogen-bond donors (Lipinski definition) is 0. The number of rotatable bonds is 8. The molecule has 0 bridgehead atoms. The van der Waals surface area contributed by atoms with E-state index in [1.54, 1.807) is 0 Å². The monoisotopic (exact) mass is 752 g/mol. The third kappa shape index (κ3) is 5.56. The van der Waals surface area contributed by atoms with Crippen LogP contribution in [0.4, 0.5) is 34.1 Å². The molecule has 1 aliphatic rings. The third-order valence-electron chi connectivity index (χ3n) is 12.1. The van der Waals surface area contributed by atoms with E-state index in [0.717, 1.165) is 34.1 Å². The molecule has 0 N–H and O–H groups in total. The molecule has 2 nitrogen and oxygen atoms in total. The van der Waals surface area contributed by atoms with Crippen molar-refractivity contribution in [2.24, 2.45) is 0 Å². The molecule has 278 valence electrons. The minimum Gasteiger partial charge on any atom is -0.310 e. The molecule has 0 amide bonds. The van der Waals surface area contributed by atoms with Crippen LogP contribution in [0.25, 0.3) is 32.7 Å². The summed E-state index contributed by atoms with van der Waals surface area (Å²) in [4.78, 5) is 4.87. The largest absolute Gasteiger partial charge is 0.310 e. The van der Waals surface area contributed by atoms with Gasteiger partial charge in [-0.25, -0.2) is 0 Å².